The molecule has 4 aliphatic heterocycles. The lowest BCUT2D eigenvalue weighted by Crippen LogP contribution is -2.61. The highest BCUT2D eigenvalue weighted by Crippen LogP contribution is 2.41. The molecule has 3 fully saturated rings. The fraction of sp³-hybridized carbons (Fsp3) is 0.754. The van der Waals surface area contributed by atoms with Crippen LogP contribution in [0.5, 0.6) is 5.88 Å². The molecule has 442 valence electrons. The van der Waals surface area contributed by atoms with Crippen molar-refractivity contribution in [1.29, 1.82) is 0 Å². The first-order valence-corrected chi connectivity index (χ1v) is 27.7. The monoisotopic (exact) mass is 1100 g/mol. The molecular formula is C57H93FN6O14. The molecule has 0 unspecified atom stereocenters. The third kappa shape index (κ3) is 14.5. The average Bonchev–Trinajstić information content (AvgIpc) is 3.89. The lowest BCUT2D eigenvalue weighted by molar-refractivity contribution is -0.318. The number of pyridine rings is 1. The van der Waals surface area contributed by atoms with Gasteiger partial charge in [-0.25, -0.2) is 9.37 Å². The number of likely N-dealkylation sites (N-methyl/N-ethyl adjacent to an activating group) is 2. The second kappa shape index (κ2) is 27.0. The number of esters is 1. The molecule has 20 nitrogen and oxygen atoms in total. The molecule has 2 aromatic rings. The summed E-state index contributed by atoms with van der Waals surface area (Å²) in [6, 6.07) is 9.67. The van der Waals surface area contributed by atoms with Gasteiger partial charge < -0.3 is 78.7 Å². The molecule has 0 aliphatic carbocycles. The van der Waals surface area contributed by atoms with Crippen molar-refractivity contribution in [2.24, 2.45) is 17.8 Å². The highest BCUT2D eigenvalue weighted by atomic mass is 19.1. The van der Waals surface area contributed by atoms with Gasteiger partial charge in [0.25, 0.3) is 0 Å². The van der Waals surface area contributed by atoms with Gasteiger partial charge in [0.1, 0.15) is 48.8 Å². The Bertz CT molecular complexity index is 2230. The maximum Gasteiger partial charge on any atom is 0.311 e. The van der Waals surface area contributed by atoms with Gasteiger partial charge in [-0.15, -0.1) is 5.53 Å². The van der Waals surface area contributed by atoms with Gasteiger partial charge in [-0.3, -0.25) is 9.80 Å². The highest BCUT2D eigenvalue weighted by molar-refractivity contribution is 5.73. The maximum atomic E-state index is 15.0. The van der Waals surface area contributed by atoms with E-state index in [-0.39, 0.29) is 25.2 Å². The van der Waals surface area contributed by atoms with Crippen molar-refractivity contribution < 1.29 is 72.6 Å². The van der Waals surface area contributed by atoms with Crippen LogP contribution in [0.3, 0.4) is 0 Å². The molecule has 7 N–H and O–H groups in total. The molecule has 21 heteroatoms. The van der Waals surface area contributed by atoms with E-state index in [9.17, 15) is 30.3 Å². The number of benzene rings is 1. The quantitative estimate of drug-likeness (QED) is 0.107. The van der Waals surface area contributed by atoms with Gasteiger partial charge in [0, 0.05) is 87.9 Å². The summed E-state index contributed by atoms with van der Waals surface area (Å²) in [5, 5.41) is 61.7. The molecule has 5 heterocycles. The summed E-state index contributed by atoms with van der Waals surface area (Å²) < 4.78 is 64.5. The molecular weight excluding hydrogens is 1010 g/mol. The Hall–Kier alpha value is -3.65. The Morgan fingerprint density at radius 3 is 2.22 bits per heavy atom. The number of carbonyl (C=O) groups is 1. The number of aliphatic hydroxyl groups is 5. The van der Waals surface area contributed by atoms with E-state index in [1.165, 1.54) is 14.0 Å². The molecule has 0 spiro atoms. The van der Waals surface area contributed by atoms with Gasteiger partial charge in [-0.2, -0.15) is 0 Å². The Morgan fingerprint density at radius 1 is 0.936 bits per heavy atom. The Labute approximate surface area is 461 Å². The van der Waals surface area contributed by atoms with Crippen LogP contribution in [0, 0.1) is 17.8 Å². The SMILES string of the molecule is CC[C@H]1OC(=O)[C@H](C)[C@@H](O[C@H]2C[C@@](C)(OC)[C@@H](O)[C@H](C)O2)[C@H](C)[C@@H](O[C@@H]2O[C@H](C)C[C@H](N(C)CCC3=CN([C@H](CF)[C@H](OC)c4ccc(-c5ccc(OC)nc5)cc4)NN3)[C@H]2O)[C@](C)(O)C[C@@H](C)CN(C)[C@H](C)[C@@H](O)[C@]1(C)O. The lowest BCUT2D eigenvalue weighted by Gasteiger charge is -2.49. The van der Waals surface area contributed by atoms with Crippen LogP contribution in [0.2, 0.25) is 0 Å². The second-order valence-electron chi connectivity index (χ2n) is 23.3. The van der Waals surface area contributed by atoms with Crippen molar-refractivity contribution in [2.45, 2.75) is 204 Å². The number of alkyl halides is 1. The summed E-state index contributed by atoms with van der Waals surface area (Å²) in [5.74, 6) is -2.35. The molecule has 78 heavy (non-hydrogen) atoms. The van der Waals surface area contributed by atoms with Gasteiger partial charge in [0.2, 0.25) is 5.88 Å². The number of nitrogens with zero attached hydrogens (tertiary/aromatic N) is 4. The Morgan fingerprint density at radius 2 is 1.62 bits per heavy atom. The number of ether oxygens (including phenoxy) is 8. The molecule has 3 saturated heterocycles. The first-order valence-electron chi connectivity index (χ1n) is 27.7. The van der Waals surface area contributed by atoms with Gasteiger partial charge in [0.15, 0.2) is 12.6 Å². The van der Waals surface area contributed by atoms with Gasteiger partial charge >= 0.3 is 5.97 Å². The van der Waals surface area contributed by atoms with Gasteiger partial charge in [-0.05, 0) is 105 Å². The van der Waals surface area contributed by atoms with Crippen LogP contribution in [0.15, 0.2) is 54.5 Å². The van der Waals surface area contributed by atoms with E-state index >= 15 is 4.39 Å². The molecule has 0 amide bonds. The molecule has 0 radical (unpaired) electrons. The predicted octanol–water partition coefficient (Wildman–Crippen LogP) is 4.62. The number of halogens is 1. The zero-order valence-electron chi connectivity index (χ0n) is 48.7. The van der Waals surface area contributed by atoms with Gasteiger partial charge in [-0.1, -0.05) is 45.0 Å². The molecule has 4 aliphatic rings. The van der Waals surface area contributed by atoms with Crippen LogP contribution < -0.4 is 15.7 Å². The van der Waals surface area contributed by atoms with Crippen molar-refractivity contribution >= 4 is 5.97 Å². The number of nitrogens with one attached hydrogen (secondary N) is 2. The standard InChI is InChI=1S/C57H93FN6O14/c1-16-44-57(10,70)50(66)36(6)63(12)30-32(2)26-55(8,69)52(34(4)48(35(5)53(68)76-44)77-46-27-56(9,73-15)51(67)37(7)75-46)78-54-47(65)42(25-33(3)74-54)62(11)24-23-41-31-64(61-60-41)43(28-58)49(72-14)39-19-17-38(18-20-39)40-21-22-45(71-13)59-29-40/h17-22,29,31-37,42-44,46-52,54,60-61,65-67,69-70H,16,23-28,30H2,1-15H3/t32-,33-,34+,35-,36-,37+,42+,43-,44-,46+,47-,48+,49-,50-,51+,52-,54+,55-,56-,57-/m1/s1. The van der Waals surface area contributed by atoms with Crippen molar-refractivity contribution in [3.05, 3.63) is 60.1 Å². The third-order valence-corrected chi connectivity index (χ3v) is 17.1. The first kappa shape index (κ1) is 63.5. The number of hydrazine groups is 2. The van der Waals surface area contributed by atoms with E-state index in [0.717, 1.165) is 22.4 Å². The number of hydrogen-bond acceptors (Lipinski definition) is 20. The molecule has 6 rings (SSSR count). The van der Waals surface area contributed by atoms with Crippen LogP contribution in [0.25, 0.3) is 11.1 Å². The number of rotatable bonds is 17. The number of aromatic nitrogens is 1. The summed E-state index contributed by atoms with van der Waals surface area (Å²) >= 11 is 0. The first-order chi connectivity index (χ1) is 36.7. The average molecular weight is 1110 g/mol. The third-order valence-electron chi connectivity index (χ3n) is 17.1. The normalized spacial score (nSPS) is 38.6. The largest absolute Gasteiger partial charge is 0.481 e. The summed E-state index contributed by atoms with van der Waals surface area (Å²) in [6.07, 6.45) is -5.99. The molecule has 1 aromatic heterocycles. The lowest BCUT2D eigenvalue weighted by atomic mass is 9.77. The fourth-order valence-corrected chi connectivity index (χ4v) is 12.2. The van der Waals surface area contributed by atoms with E-state index in [4.69, 9.17) is 37.9 Å². The Kier molecular flexibility index (Phi) is 22.0. The molecule has 0 bridgehead atoms. The van der Waals surface area contributed by atoms with Crippen LogP contribution in [-0.2, 0) is 38.0 Å². The smallest absolute Gasteiger partial charge is 0.311 e. The summed E-state index contributed by atoms with van der Waals surface area (Å²) in [4.78, 5) is 22.8. The van der Waals surface area contributed by atoms with Crippen LogP contribution >= 0.6 is 0 Å². The summed E-state index contributed by atoms with van der Waals surface area (Å²) in [5.41, 5.74) is 5.13. The molecule has 20 atom stereocenters. The molecule has 0 saturated carbocycles. The van der Waals surface area contributed by atoms with E-state index in [1.54, 1.807) is 80.0 Å². The van der Waals surface area contributed by atoms with Crippen molar-refractivity contribution in [1.82, 2.24) is 30.8 Å². The van der Waals surface area contributed by atoms with Crippen LogP contribution in [0.1, 0.15) is 113 Å². The van der Waals surface area contributed by atoms with E-state index < -0.39 is 127 Å². The summed E-state index contributed by atoms with van der Waals surface area (Å²) in [6.45, 7) is 17.6. The zero-order valence-corrected chi connectivity index (χ0v) is 48.7. The van der Waals surface area contributed by atoms with Gasteiger partial charge in [0.05, 0.1) is 48.6 Å². The summed E-state index contributed by atoms with van der Waals surface area (Å²) in [7, 11) is 8.36. The van der Waals surface area contributed by atoms with E-state index in [0.29, 0.717) is 31.8 Å². The van der Waals surface area contributed by atoms with Crippen LogP contribution in [0.4, 0.5) is 4.39 Å². The number of cyclic esters (lactones) is 1. The number of carbonyl (C=O) groups excluding carboxylic acids is 1. The minimum atomic E-state index is -1.85. The van der Waals surface area contributed by atoms with E-state index in [1.807, 2.05) is 74.3 Å². The predicted molar refractivity (Wildman–Crippen MR) is 290 cm³/mol. The number of aliphatic hydroxyl groups excluding tert-OH is 3. The maximum absolute atomic E-state index is 15.0. The van der Waals surface area contributed by atoms with Crippen LogP contribution in [-0.4, -0.2) is 203 Å². The zero-order chi connectivity index (χ0) is 57.6. The number of methoxy groups -OCH3 is 3. The van der Waals surface area contributed by atoms with Crippen molar-refractivity contribution in [3.8, 4) is 17.0 Å². The Balaban J connectivity index is 1.23. The molecule has 1 aromatic carbocycles. The van der Waals surface area contributed by atoms with Crippen molar-refractivity contribution in [2.75, 3.05) is 55.2 Å². The van der Waals surface area contributed by atoms with E-state index in [2.05, 4.69) is 15.9 Å². The highest BCUT2D eigenvalue weighted by Gasteiger charge is 2.53. The topological polar surface area (TPSA) is 239 Å². The fourth-order valence-electron chi connectivity index (χ4n) is 12.2. The minimum Gasteiger partial charge on any atom is -0.481 e. The van der Waals surface area contributed by atoms with Crippen molar-refractivity contribution in [3.63, 3.8) is 0 Å². The minimum absolute atomic E-state index is 0.0850. The second-order valence-corrected chi connectivity index (χ2v) is 23.3. The number of hydrogen-bond donors (Lipinski definition) is 7.